The zero-order valence-corrected chi connectivity index (χ0v) is 18.7. The molecule has 0 bridgehead atoms. The number of anilines is 1. The third-order valence-electron chi connectivity index (χ3n) is 5.49. The van der Waals surface area contributed by atoms with Crippen molar-refractivity contribution in [3.05, 3.63) is 64.2 Å². The Balaban J connectivity index is 1.95. The lowest BCUT2D eigenvalue weighted by atomic mass is 10.1. The number of hydrogen-bond donors (Lipinski definition) is 1. The van der Waals surface area contributed by atoms with Crippen LogP contribution in [-0.4, -0.2) is 48.0 Å². The van der Waals surface area contributed by atoms with Crippen molar-refractivity contribution in [1.29, 1.82) is 0 Å². The van der Waals surface area contributed by atoms with Crippen LogP contribution in [0.2, 0.25) is 0 Å². The molecule has 1 fully saturated rings. The lowest BCUT2D eigenvalue weighted by Gasteiger charge is -2.33. The van der Waals surface area contributed by atoms with Crippen molar-refractivity contribution in [3.63, 3.8) is 0 Å². The number of nitrogens with zero attached hydrogens (tertiary/aromatic N) is 3. The number of hydrogen-bond acceptors (Lipinski definition) is 7. The van der Waals surface area contributed by atoms with Crippen molar-refractivity contribution in [2.45, 2.75) is 43.7 Å². The van der Waals surface area contributed by atoms with Crippen molar-refractivity contribution in [2.24, 2.45) is 5.14 Å². The molecule has 2 unspecified atom stereocenters. The summed E-state index contributed by atoms with van der Waals surface area (Å²) in [6, 6.07) is 8.54. The number of non-ortho nitro benzene ring substituents is 1. The first-order valence-corrected chi connectivity index (χ1v) is 11.6. The van der Waals surface area contributed by atoms with Crippen LogP contribution in [0.25, 0.3) is 0 Å². The van der Waals surface area contributed by atoms with Gasteiger partial charge < -0.3 is 4.90 Å². The molecule has 3 rings (SSSR count). The molecule has 12 heteroatoms. The third kappa shape index (κ3) is 4.76. The van der Waals surface area contributed by atoms with Crippen LogP contribution in [0.15, 0.2) is 53.4 Å². The highest BCUT2D eigenvalue weighted by atomic mass is 32.2. The zero-order chi connectivity index (χ0) is 24.5. The van der Waals surface area contributed by atoms with E-state index in [1.54, 1.807) is 6.92 Å². The van der Waals surface area contributed by atoms with Crippen LogP contribution in [0.1, 0.15) is 37.0 Å². The Kier molecular flexibility index (Phi) is 6.60. The number of carbonyl (C=O) groups is 3. The van der Waals surface area contributed by atoms with E-state index >= 15 is 0 Å². The molecule has 2 aromatic rings. The Bertz CT molecular complexity index is 1230. The van der Waals surface area contributed by atoms with Gasteiger partial charge in [0, 0.05) is 23.7 Å². The number of amides is 3. The van der Waals surface area contributed by atoms with Crippen LogP contribution < -0.4 is 10.0 Å². The topological polar surface area (TPSA) is 161 Å². The number of benzene rings is 2. The predicted molar refractivity (Wildman–Crippen MR) is 118 cm³/mol. The second-order valence-electron chi connectivity index (χ2n) is 7.60. The van der Waals surface area contributed by atoms with Gasteiger partial charge in [-0.1, -0.05) is 13.0 Å². The molecule has 0 aromatic heterocycles. The summed E-state index contributed by atoms with van der Waals surface area (Å²) in [5, 5.41) is 16.2. The maximum atomic E-state index is 13.3. The van der Waals surface area contributed by atoms with Gasteiger partial charge in [0.1, 0.15) is 6.04 Å². The number of carbonyl (C=O) groups excluding carboxylic acids is 3. The Hall–Kier alpha value is -3.64. The van der Waals surface area contributed by atoms with Crippen LogP contribution in [0.5, 0.6) is 0 Å². The van der Waals surface area contributed by atoms with Crippen LogP contribution in [0.4, 0.5) is 11.4 Å². The van der Waals surface area contributed by atoms with E-state index in [0.29, 0.717) is 6.42 Å². The quantitative estimate of drug-likeness (QED) is 0.363. The van der Waals surface area contributed by atoms with Gasteiger partial charge >= 0.3 is 0 Å². The van der Waals surface area contributed by atoms with Crippen LogP contribution in [-0.2, 0) is 19.6 Å². The van der Waals surface area contributed by atoms with Crippen LogP contribution in [0.3, 0.4) is 0 Å². The Labute approximate surface area is 190 Å². The van der Waals surface area contributed by atoms with E-state index in [2.05, 4.69) is 0 Å². The monoisotopic (exact) mass is 474 g/mol. The molecule has 0 spiro atoms. The summed E-state index contributed by atoms with van der Waals surface area (Å²) >= 11 is 0. The number of nitrogens with two attached hydrogens (primary N) is 1. The number of imide groups is 1. The van der Waals surface area contributed by atoms with Crippen molar-refractivity contribution < 1.29 is 27.7 Å². The molecule has 3 amide bonds. The number of nitro benzene ring substituents is 1. The first kappa shape index (κ1) is 24.0. The summed E-state index contributed by atoms with van der Waals surface area (Å²) in [6.45, 7) is 3.53. The number of sulfonamides is 1. The highest BCUT2D eigenvalue weighted by Gasteiger charge is 2.45. The summed E-state index contributed by atoms with van der Waals surface area (Å²) < 4.78 is 22.9. The second-order valence-corrected chi connectivity index (χ2v) is 9.16. The molecule has 11 nitrogen and oxygen atoms in total. The molecule has 1 aliphatic rings. The molecule has 2 atom stereocenters. The largest absolute Gasteiger partial charge is 0.323 e. The van der Waals surface area contributed by atoms with Crippen LogP contribution in [0, 0.1) is 10.1 Å². The third-order valence-corrected chi connectivity index (χ3v) is 6.42. The molecular formula is C21H22N4O7S. The van der Waals surface area contributed by atoms with E-state index in [4.69, 9.17) is 5.14 Å². The first-order chi connectivity index (χ1) is 15.5. The highest BCUT2D eigenvalue weighted by Crippen LogP contribution is 2.29. The fourth-order valence-corrected chi connectivity index (χ4v) is 4.15. The summed E-state index contributed by atoms with van der Waals surface area (Å²) in [7, 11) is -3.95. The van der Waals surface area contributed by atoms with Gasteiger partial charge in [-0.2, -0.15) is 0 Å². The first-order valence-electron chi connectivity index (χ1n) is 10.0. The maximum Gasteiger partial charge on any atom is 0.270 e. The molecule has 1 saturated heterocycles. The van der Waals surface area contributed by atoms with Gasteiger partial charge in [-0.15, -0.1) is 0 Å². The molecule has 1 heterocycles. The van der Waals surface area contributed by atoms with Crippen molar-refractivity contribution in [3.8, 4) is 0 Å². The molecule has 2 N–H and O–H groups in total. The van der Waals surface area contributed by atoms with E-state index in [0.717, 1.165) is 11.0 Å². The lowest BCUT2D eigenvalue weighted by molar-refractivity contribution is -0.384. The fourth-order valence-electron chi connectivity index (χ4n) is 3.64. The molecule has 2 aromatic carbocycles. The Morgan fingerprint density at radius 3 is 2.42 bits per heavy atom. The normalized spacial score (nSPS) is 17.2. The van der Waals surface area contributed by atoms with E-state index in [1.165, 1.54) is 47.4 Å². The average Bonchev–Trinajstić information content (AvgIpc) is 3.06. The smallest absolute Gasteiger partial charge is 0.270 e. The predicted octanol–water partition coefficient (Wildman–Crippen LogP) is 1.81. The molecule has 0 saturated carbocycles. The maximum absolute atomic E-state index is 13.3. The van der Waals surface area contributed by atoms with Crippen LogP contribution >= 0.6 is 0 Å². The SMILES string of the molecule is CCC(C)N(C(=O)c1cccc([N+](=O)[O-])c1)C1CC(=O)N(c2ccc(S(N)(=O)=O)cc2)C1=O. The van der Waals surface area contributed by atoms with Gasteiger partial charge in [0.15, 0.2) is 0 Å². The molecule has 1 aliphatic heterocycles. The molecule has 0 radical (unpaired) electrons. The Morgan fingerprint density at radius 2 is 1.88 bits per heavy atom. The zero-order valence-electron chi connectivity index (χ0n) is 17.9. The van der Waals surface area contributed by atoms with Gasteiger partial charge in [0.2, 0.25) is 15.9 Å². The summed E-state index contributed by atoms with van der Waals surface area (Å²) in [5.41, 5.74) is -0.0946. The van der Waals surface area contributed by atoms with Gasteiger partial charge in [-0.05, 0) is 43.7 Å². The van der Waals surface area contributed by atoms with Gasteiger partial charge in [-0.3, -0.25) is 24.5 Å². The number of rotatable bonds is 7. The summed E-state index contributed by atoms with van der Waals surface area (Å²) in [4.78, 5) is 51.7. The fraction of sp³-hybridized carbons (Fsp3) is 0.286. The van der Waals surface area contributed by atoms with E-state index in [-0.39, 0.29) is 28.3 Å². The minimum absolute atomic E-state index is 0.0284. The molecule has 33 heavy (non-hydrogen) atoms. The molecule has 174 valence electrons. The standard InChI is InChI=1S/C21H22N4O7S/c1-3-13(2)23(20(27)14-5-4-6-16(11-14)25(29)30)18-12-19(26)24(21(18)28)15-7-9-17(10-8-15)33(22,31)32/h4-11,13,18H,3,12H2,1-2H3,(H2,22,31,32). The average molecular weight is 474 g/mol. The number of primary sulfonamides is 1. The van der Waals surface area contributed by atoms with Crippen molar-refractivity contribution in [1.82, 2.24) is 4.90 Å². The number of nitro groups is 1. The van der Waals surface area contributed by atoms with Crippen molar-refractivity contribution >= 4 is 39.1 Å². The lowest BCUT2D eigenvalue weighted by Crippen LogP contribution is -2.49. The summed E-state index contributed by atoms with van der Waals surface area (Å²) in [6.07, 6.45) is 0.197. The minimum atomic E-state index is -3.95. The molecule has 0 aliphatic carbocycles. The van der Waals surface area contributed by atoms with E-state index in [1.807, 2.05) is 6.92 Å². The minimum Gasteiger partial charge on any atom is -0.323 e. The molecular weight excluding hydrogens is 452 g/mol. The van der Waals surface area contributed by atoms with E-state index in [9.17, 15) is 32.9 Å². The van der Waals surface area contributed by atoms with Gasteiger partial charge in [0.25, 0.3) is 17.5 Å². The van der Waals surface area contributed by atoms with Gasteiger partial charge in [-0.25, -0.2) is 18.5 Å². The van der Waals surface area contributed by atoms with E-state index < -0.39 is 44.8 Å². The van der Waals surface area contributed by atoms with Crippen molar-refractivity contribution in [2.75, 3.05) is 4.90 Å². The van der Waals surface area contributed by atoms with Gasteiger partial charge in [0.05, 0.1) is 21.9 Å². The Morgan fingerprint density at radius 1 is 1.24 bits per heavy atom. The second kappa shape index (κ2) is 9.08. The highest BCUT2D eigenvalue weighted by molar-refractivity contribution is 7.89. The summed E-state index contributed by atoms with van der Waals surface area (Å²) in [5.74, 6) is -1.82.